The Morgan fingerprint density at radius 1 is 1.31 bits per heavy atom. The maximum atomic E-state index is 9.12. The first-order valence-electron chi connectivity index (χ1n) is 4.56. The number of aliphatic hydroxyl groups excluding tert-OH is 1. The summed E-state index contributed by atoms with van der Waals surface area (Å²) in [6, 6.07) is 10.4. The SMILES string of the molecule is OCC1CNNC1c1ccccc1. The number of hydrazine groups is 1. The van der Waals surface area contributed by atoms with Gasteiger partial charge in [-0.15, -0.1) is 0 Å². The van der Waals surface area contributed by atoms with Crippen LogP contribution in [-0.4, -0.2) is 18.3 Å². The Balaban J connectivity index is 2.16. The van der Waals surface area contributed by atoms with Crippen LogP contribution in [0.25, 0.3) is 0 Å². The van der Waals surface area contributed by atoms with Gasteiger partial charge < -0.3 is 5.11 Å². The topological polar surface area (TPSA) is 44.3 Å². The van der Waals surface area contributed by atoms with Crippen LogP contribution >= 0.6 is 0 Å². The van der Waals surface area contributed by atoms with Crippen LogP contribution in [0.5, 0.6) is 0 Å². The lowest BCUT2D eigenvalue weighted by Gasteiger charge is -2.15. The van der Waals surface area contributed by atoms with Crippen molar-refractivity contribution < 1.29 is 5.11 Å². The van der Waals surface area contributed by atoms with Crippen molar-refractivity contribution in [1.82, 2.24) is 10.9 Å². The van der Waals surface area contributed by atoms with Gasteiger partial charge in [0, 0.05) is 19.1 Å². The minimum absolute atomic E-state index is 0.222. The van der Waals surface area contributed by atoms with Gasteiger partial charge in [0.05, 0.1) is 6.04 Å². The van der Waals surface area contributed by atoms with Crippen LogP contribution in [-0.2, 0) is 0 Å². The van der Waals surface area contributed by atoms with E-state index in [-0.39, 0.29) is 18.6 Å². The van der Waals surface area contributed by atoms with Crippen molar-refractivity contribution in [2.45, 2.75) is 6.04 Å². The zero-order valence-corrected chi connectivity index (χ0v) is 7.40. The lowest BCUT2D eigenvalue weighted by Crippen LogP contribution is -2.25. The van der Waals surface area contributed by atoms with Crippen LogP contribution < -0.4 is 10.9 Å². The van der Waals surface area contributed by atoms with E-state index in [4.69, 9.17) is 5.11 Å². The van der Waals surface area contributed by atoms with Crippen molar-refractivity contribution in [2.24, 2.45) is 5.92 Å². The number of hydrogen-bond acceptors (Lipinski definition) is 3. The first-order valence-corrected chi connectivity index (χ1v) is 4.56. The van der Waals surface area contributed by atoms with E-state index in [1.807, 2.05) is 18.2 Å². The molecule has 0 saturated carbocycles. The van der Waals surface area contributed by atoms with Gasteiger partial charge in [-0.3, -0.25) is 5.43 Å². The molecule has 0 aliphatic carbocycles. The molecular weight excluding hydrogens is 164 g/mol. The molecule has 2 atom stereocenters. The van der Waals surface area contributed by atoms with Crippen LogP contribution in [0.15, 0.2) is 30.3 Å². The summed E-state index contributed by atoms with van der Waals surface area (Å²) in [4.78, 5) is 0. The van der Waals surface area contributed by atoms with Gasteiger partial charge in [-0.05, 0) is 5.56 Å². The van der Waals surface area contributed by atoms with Gasteiger partial charge in [0.25, 0.3) is 0 Å². The Kier molecular flexibility index (Phi) is 2.59. The van der Waals surface area contributed by atoms with Gasteiger partial charge in [0.2, 0.25) is 0 Å². The molecule has 1 fully saturated rings. The standard InChI is InChI=1S/C10H14N2O/c13-7-9-6-11-12-10(9)8-4-2-1-3-5-8/h1-5,9-13H,6-7H2. The lowest BCUT2D eigenvalue weighted by molar-refractivity contribution is 0.222. The second kappa shape index (κ2) is 3.87. The van der Waals surface area contributed by atoms with E-state index in [0.717, 1.165) is 6.54 Å². The van der Waals surface area contributed by atoms with E-state index in [0.29, 0.717) is 0 Å². The fraction of sp³-hybridized carbons (Fsp3) is 0.400. The minimum atomic E-state index is 0.222. The molecule has 70 valence electrons. The number of nitrogens with one attached hydrogen (secondary N) is 2. The van der Waals surface area contributed by atoms with Crippen LogP contribution in [0.4, 0.5) is 0 Å². The first kappa shape index (κ1) is 8.69. The molecule has 13 heavy (non-hydrogen) atoms. The number of benzene rings is 1. The van der Waals surface area contributed by atoms with Gasteiger partial charge >= 0.3 is 0 Å². The Morgan fingerprint density at radius 3 is 2.77 bits per heavy atom. The van der Waals surface area contributed by atoms with Crippen molar-refractivity contribution in [2.75, 3.05) is 13.2 Å². The summed E-state index contributed by atoms with van der Waals surface area (Å²) in [5.74, 6) is 0.280. The quantitative estimate of drug-likeness (QED) is 0.616. The molecule has 1 saturated heterocycles. The average molecular weight is 178 g/mol. The number of aliphatic hydroxyl groups is 1. The van der Waals surface area contributed by atoms with Crippen molar-refractivity contribution in [3.8, 4) is 0 Å². The molecule has 1 aromatic carbocycles. The second-order valence-electron chi connectivity index (χ2n) is 3.36. The van der Waals surface area contributed by atoms with Gasteiger partial charge in [-0.2, -0.15) is 0 Å². The normalized spacial score (nSPS) is 27.8. The molecule has 3 nitrogen and oxygen atoms in total. The molecule has 1 heterocycles. The molecule has 0 radical (unpaired) electrons. The molecule has 1 aromatic rings. The highest BCUT2D eigenvalue weighted by Gasteiger charge is 2.26. The molecule has 2 unspecified atom stereocenters. The number of hydrogen-bond donors (Lipinski definition) is 3. The molecule has 3 heteroatoms. The second-order valence-corrected chi connectivity index (χ2v) is 3.36. The zero-order chi connectivity index (χ0) is 9.10. The molecule has 1 aliphatic rings. The summed E-state index contributed by atoms with van der Waals surface area (Å²) in [5.41, 5.74) is 7.45. The first-order chi connectivity index (χ1) is 6.42. The third-order valence-electron chi connectivity index (χ3n) is 2.49. The summed E-state index contributed by atoms with van der Waals surface area (Å²) in [7, 11) is 0. The van der Waals surface area contributed by atoms with Crippen LogP contribution in [0.3, 0.4) is 0 Å². The highest BCUT2D eigenvalue weighted by atomic mass is 16.3. The molecule has 0 aromatic heterocycles. The van der Waals surface area contributed by atoms with E-state index < -0.39 is 0 Å². The number of rotatable bonds is 2. The summed E-state index contributed by atoms with van der Waals surface area (Å²) < 4.78 is 0. The molecule has 1 aliphatic heterocycles. The van der Waals surface area contributed by atoms with Crippen molar-refractivity contribution >= 4 is 0 Å². The maximum Gasteiger partial charge on any atom is 0.0525 e. The average Bonchev–Trinajstić information content (AvgIpc) is 2.67. The third kappa shape index (κ3) is 1.72. The van der Waals surface area contributed by atoms with Gasteiger partial charge in [-0.1, -0.05) is 30.3 Å². The van der Waals surface area contributed by atoms with E-state index in [1.165, 1.54) is 5.56 Å². The summed E-state index contributed by atoms with van der Waals surface area (Å²) in [5, 5.41) is 9.12. The summed E-state index contributed by atoms with van der Waals surface area (Å²) in [6.45, 7) is 1.05. The van der Waals surface area contributed by atoms with Gasteiger partial charge in [0.15, 0.2) is 0 Å². The maximum absolute atomic E-state index is 9.12. The van der Waals surface area contributed by atoms with Crippen LogP contribution in [0.2, 0.25) is 0 Å². The van der Waals surface area contributed by atoms with Crippen LogP contribution in [0.1, 0.15) is 11.6 Å². The van der Waals surface area contributed by atoms with Crippen molar-refractivity contribution in [3.63, 3.8) is 0 Å². The predicted molar refractivity (Wildman–Crippen MR) is 50.9 cm³/mol. The Hall–Kier alpha value is -0.900. The Bertz CT molecular complexity index is 263. The van der Waals surface area contributed by atoms with E-state index >= 15 is 0 Å². The molecule has 0 amide bonds. The predicted octanol–water partition coefficient (Wildman–Crippen LogP) is 0.444. The van der Waals surface area contributed by atoms with Gasteiger partial charge in [-0.25, -0.2) is 5.43 Å². The third-order valence-corrected chi connectivity index (χ3v) is 2.49. The zero-order valence-electron chi connectivity index (χ0n) is 7.40. The molecule has 0 spiro atoms. The summed E-state index contributed by atoms with van der Waals surface area (Å²) in [6.07, 6.45) is 0. The Morgan fingerprint density at radius 2 is 2.08 bits per heavy atom. The van der Waals surface area contributed by atoms with Crippen molar-refractivity contribution in [3.05, 3.63) is 35.9 Å². The summed E-state index contributed by atoms with van der Waals surface area (Å²) >= 11 is 0. The minimum Gasteiger partial charge on any atom is -0.396 e. The molecular formula is C10H14N2O. The smallest absolute Gasteiger partial charge is 0.0525 e. The van der Waals surface area contributed by atoms with Crippen LogP contribution in [0, 0.1) is 5.92 Å². The van der Waals surface area contributed by atoms with E-state index in [2.05, 4.69) is 23.0 Å². The van der Waals surface area contributed by atoms with Gasteiger partial charge in [0.1, 0.15) is 0 Å². The van der Waals surface area contributed by atoms with E-state index in [1.54, 1.807) is 0 Å². The van der Waals surface area contributed by atoms with E-state index in [9.17, 15) is 0 Å². The largest absolute Gasteiger partial charge is 0.396 e. The molecule has 3 N–H and O–H groups in total. The fourth-order valence-electron chi connectivity index (χ4n) is 1.72. The highest BCUT2D eigenvalue weighted by Crippen LogP contribution is 2.23. The fourth-order valence-corrected chi connectivity index (χ4v) is 1.72. The monoisotopic (exact) mass is 178 g/mol. The molecule has 0 bridgehead atoms. The Labute approximate surface area is 77.7 Å². The molecule has 2 rings (SSSR count). The van der Waals surface area contributed by atoms with Crippen molar-refractivity contribution in [1.29, 1.82) is 0 Å². The lowest BCUT2D eigenvalue weighted by atomic mass is 9.96. The highest BCUT2D eigenvalue weighted by molar-refractivity contribution is 5.20.